The van der Waals surface area contributed by atoms with E-state index in [1.54, 1.807) is 39.2 Å². The molecule has 0 saturated heterocycles. The molecule has 2 unspecified atom stereocenters. The van der Waals surface area contributed by atoms with Crippen LogP contribution >= 0.6 is 0 Å². The van der Waals surface area contributed by atoms with E-state index in [1.807, 2.05) is 18.2 Å². The van der Waals surface area contributed by atoms with Crippen LogP contribution in [-0.4, -0.2) is 50.3 Å². The van der Waals surface area contributed by atoms with E-state index in [9.17, 15) is 14.7 Å². The van der Waals surface area contributed by atoms with E-state index < -0.39 is 24.0 Å². The van der Waals surface area contributed by atoms with Crippen molar-refractivity contribution in [2.24, 2.45) is 0 Å². The Kier molecular flexibility index (Phi) is 7.04. The van der Waals surface area contributed by atoms with Crippen molar-refractivity contribution in [3.63, 3.8) is 0 Å². The zero-order valence-corrected chi connectivity index (χ0v) is 15.5. The van der Waals surface area contributed by atoms with E-state index in [1.165, 1.54) is 4.68 Å². The van der Waals surface area contributed by atoms with Crippen LogP contribution in [0.3, 0.4) is 0 Å². The average Bonchev–Trinajstić information content (AvgIpc) is 3.08. The molecular formula is C18H23N5O4. The van der Waals surface area contributed by atoms with Gasteiger partial charge in [0, 0.05) is 6.42 Å². The van der Waals surface area contributed by atoms with Crippen LogP contribution in [0.25, 0.3) is 0 Å². The molecule has 2 N–H and O–H groups in total. The van der Waals surface area contributed by atoms with Crippen LogP contribution in [-0.2, 0) is 16.0 Å². The molecule has 2 atom stereocenters. The van der Waals surface area contributed by atoms with Gasteiger partial charge >= 0.3 is 5.97 Å². The Morgan fingerprint density at radius 3 is 2.78 bits per heavy atom. The number of carboxylic acid groups (broad SMARTS) is 1. The van der Waals surface area contributed by atoms with Gasteiger partial charge in [-0.2, -0.15) is 0 Å². The minimum absolute atomic E-state index is 0.193. The summed E-state index contributed by atoms with van der Waals surface area (Å²) in [6.45, 7) is 3.47. The average molecular weight is 373 g/mol. The first-order chi connectivity index (χ1) is 13.0. The monoisotopic (exact) mass is 373 g/mol. The third-order valence-electron chi connectivity index (χ3n) is 4.04. The Hall–Kier alpha value is -3.23. The molecule has 0 saturated carbocycles. The summed E-state index contributed by atoms with van der Waals surface area (Å²) in [5.41, 5.74) is 0.838. The number of ether oxygens (including phenoxy) is 1. The molecule has 1 aromatic carbocycles. The molecule has 0 aliphatic rings. The topological polar surface area (TPSA) is 119 Å². The van der Waals surface area contributed by atoms with Gasteiger partial charge in [-0.05, 0) is 48.4 Å². The van der Waals surface area contributed by atoms with Crippen molar-refractivity contribution >= 4 is 11.9 Å². The number of carboxylic acids is 1. The number of methoxy groups -OCH3 is 1. The summed E-state index contributed by atoms with van der Waals surface area (Å²) in [7, 11) is 1.56. The molecule has 2 aromatic rings. The number of hydrogen-bond donors (Lipinski definition) is 2. The lowest BCUT2D eigenvalue weighted by atomic mass is 10.0. The maximum atomic E-state index is 12.9. The predicted molar refractivity (Wildman–Crippen MR) is 97.3 cm³/mol. The number of benzene rings is 1. The molecule has 144 valence electrons. The molecule has 27 heavy (non-hydrogen) atoms. The Bertz CT molecular complexity index is 818. The minimum Gasteiger partial charge on any atom is -0.497 e. The van der Waals surface area contributed by atoms with Gasteiger partial charge in [0.1, 0.15) is 23.7 Å². The van der Waals surface area contributed by atoms with Gasteiger partial charge in [-0.3, -0.25) is 4.79 Å². The first kappa shape index (κ1) is 20.1. The van der Waals surface area contributed by atoms with Gasteiger partial charge in [-0.15, -0.1) is 5.10 Å². The van der Waals surface area contributed by atoms with Crippen LogP contribution in [0.1, 0.15) is 30.8 Å². The minimum atomic E-state index is -1.10. The molecule has 0 aliphatic carbocycles. The fourth-order valence-corrected chi connectivity index (χ4v) is 2.60. The van der Waals surface area contributed by atoms with Crippen molar-refractivity contribution in [2.45, 2.75) is 38.8 Å². The molecule has 0 fully saturated rings. The lowest BCUT2D eigenvalue weighted by Gasteiger charge is -2.20. The van der Waals surface area contributed by atoms with Crippen molar-refractivity contribution in [3.8, 4) is 5.75 Å². The van der Waals surface area contributed by atoms with E-state index in [4.69, 9.17) is 4.74 Å². The molecule has 0 bridgehead atoms. The normalized spacial score (nSPS) is 13.3. The fourth-order valence-electron chi connectivity index (χ4n) is 2.60. The Balaban J connectivity index is 2.27. The highest BCUT2D eigenvalue weighted by Gasteiger charge is 2.28. The first-order valence-electron chi connectivity index (χ1n) is 8.48. The van der Waals surface area contributed by atoms with Gasteiger partial charge in [0.25, 0.3) is 0 Å². The highest BCUT2D eigenvalue weighted by Crippen LogP contribution is 2.19. The van der Waals surface area contributed by atoms with Crippen molar-refractivity contribution in [2.75, 3.05) is 7.11 Å². The maximum absolute atomic E-state index is 12.9. The number of aromatic nitrogens is 4. The van der Waals surface area contributed by atoms with Crippen molar-refractivity contribution in [3.05, 3.63) is 47.8 Å². The number of aryl methyl sites for hydroxylation is 1. The summed E-state index contributed by atoms with van der Waals surface area (Å²) in [5.74, 6) is -0.449. The van der Waals surface area contributed by atoms with Crippen LogP contribution in [0.4, 0.5) is 0 Å². The second kappa shape index (κ2) is 9.46. The largest absolute Gasteiger partial charge is 0.497 e. The molecule has 2 rings (SSSR count). The number of allylic oxidation sites excluding steroid dienone is 1. The quantitative estimate of drug-likeness (QED) is 0.636. The number of hydrogen-bond acceptors (Lipinski definition) is 6. The van der Waals surface area contributed by atoms with Crippen molar-refractivity contribution in [1.29, 1.82) is 0 Å². The van der Waals surface area contributed by atoms with Crippen molar-refractivity contribution in [1.82, 2.24) is 25.5 Å². The molecule has 0 radical (unpaired) electrons. The van der Waals surface area contributed by atoms with Crippen LogP contribution in [0.2, 0.25) is 0 Å². The number of aliphatic carboxylic acids is 1. The smallest absolute Gasteiger partial charge is 0.326 e. The van der Waals surface area contributed by atoms with Crippen LogP contribution < -0.4 is 10.1 Å². The Morgan fingerprint density at radius 2 is 2.19 bits per heavy atom. The molecule has 9 nitrogen and oxygen atoms in total. The van der Waals surface area contributed by atoms with E-state index in [-0.39, 0.29) is 12.8 Å². The van der Waals surface area contributed by atoms with E-state index in [0.29, 0.717) is 11.6 Å². The van der Waals surface area contributed by atoms with Gasteiger partial charge in [-0.1, -0.05) is 24.3 Å². The molecule has 1 heterocycles. The SMILES string of the molecule is C/C=C/CC(NC(=O)C(Cc1cccc(OC)c1)n1nnnc1C)C(=O)O. The van der Waals surface area contributed by atoms with Crippen molar-refractivity contribution < 1.29 is 19.4 Å². The third kappa shape index (κ3) is 5.37. The molecule has 0 spiro atoms. The Morgan fingerprint density at radius 1 is 1.41 bits per heavy atom. The Labute approximate surface area is 157 Å². The second-order valence-corrected chi connectivity index (χ2v) is 5.95. The van der Waals surface area contributed by atoms with E-state index >= 15 is 0 Å². The van der Waals surface area contributed by atoms with Crippen LogP contribution in [0, 0.1) is 6.92 Å². The lowest BCUT2D eigenvalue weighted by Crippen LogP contribution is -2.44. The number of carbonyl (C=O) groups is 2. The number of carbonyl (C=O) groups excluding carboxylic acids is 1. The summed E-state index contributed by atoms with van der Waals surface area (Å²) in [5, 5.41) is 23.3. The highest BCUT2D eigenvalue weighted by atomic mass is 16.5. The molecule has 1 amide bonds. The van der Waals surface area contributed by atoms with Gasteiger partial charge in [-0.25, -0.2) is 9.48 Å². The summed E-state index contributed by atoms with van der Waals surface area (Å²) in [6, 6.07) is 5.48. The number of nitrogens with zero attached hydrogens (tertiary/aromatic N) is 4. The van der Waals surface area contributed by atoms with E-state index in [0.717, 1.165) is 5.56 Å². The second-order valence-electron chi connectivity index (χ2n) is 5.95. The lowest BCUT2D eigenvalue weighted by molar-refractivity contribution is -0.142. The first-order valence-corrected chi connectivity index (χ1v) is 8.48. The number of tetrazole rings is 1. The summed E-state index contributed by atoms with van der Waals surface area (Å²) >= 11 is 0. The van der Waals surface area contributed by atoms with Gasteiger partial charge < -0.3 is 15.2 Å². The van der Waals surface area contributed by atoms with Gasteiger partial charge in [0.15, 0.2) is 0 Å². The molecule has 0 aliphatic heterocycles. The predicted octanol–water partition coefficient (Wildman–Crippen LogP) is 1.31. The highest BCUT2D eigenvalue weighted by molar-refractivity contribution is 5.86. The summed E-state index contributed by atoms with van der Waals surface area (Å²) < 4.78 is 6.61. The molecule has 1 aromatic heterocycles. The number of rotatable bonds is 9. The van der Waals surface area contributed by atoms with Crippen LogP contribution in [0.15, 0.2) is 36.4 Å². The fraction of sp³-hybridized carbons (Fsp3) is 0.389. The standard InChI is InChI=1S/C18H23N5O4/c1-4-5-9-15(18(25)26)19-17(24)16(23-12(2)20-21-22-23)11-13-7-6-8-14(10-13)27-3/h4-8,10,15-16H,9,11H2,1-3H3,(H,19,24)(H,25,26)/b5-4+. The molecular weight excluding hydrogens is 350 g/mol. The zero-order chi connectivity index (χ0) is 19.8. The zero-order valence-electron chi connectivity index (χ0n) is 15.5. The number of amides is 1. The number of nitrogens with one attached hydrogen (secondary N) is 1. The van der Waals surface area contributed by atoms with E-state index in [2.05, 4.69) is 20.8 Å². The van der Waals surface area contributed by atoms with Gasteiger partial charge in [0.2, 0.25) is 5.91 Å². The third-order valence-corrected chi connectivity index (χ3v) is 4.04. The summed E-state index contributed by atoms with van der Waals surface area (Å²) in [4.78, 5) is 24.3. The molecule has 9 heteroatoms. The maximum Gasteiger partial charge on any atom is 0.326 e. The van der Waals surface area contributed by atoms with Crippen LogP contribution in [0.5, 0.6) is 5.75 Å². The van der Waals surface area contributed by atoms with Gasteiger partial charge in [0.05, 0.1) is 7.11 Å². The summed E-state index contributed by atoms with van der Waals surface area (Å²) in [6.07, 6.45) is 3.91.